The number of nitrogens with one attached hydrogen (secondary N) is 2. The summed E-state index contributed by atoms with van der Waals surface area (Å²) < 4.78 is 0. The Morgan fingerprint density at radius 3 is 2.86 bits per heavy atom. The van der Waals surface area contributed by atoms with Gasteiger partial charge in [-0.2, -0.15) is 4.98 Å². The summed E-state index contributed by atoms with van der Waals surface area (Å²) in [5.74, 6) is -0.235. The molecule has 1 aromatic carbocycles. The summed E-state index contributed by atoms with van der Waals surface area (Å²) in [7, 11) is 0. The number of rotatable bonds is 5. The average Bonchev–Trinajstić information content (AvgIpc) is 2.84. The van der Waals surface area contributed by atoms with Gasteiger partial charge in [-0.05, 0) is 13.0 Å². The van der Waals surface area contributed by atoms with E-state index in [1.165, 1.54) is 18.2 Å². The van der Waals surface area contributed by atoms with Crippen molar-refractivity contribution in [2.45, 2.75) is 17.3 Å². The average molecular weight is 308 g/mol. The van der Waals surface area contributed by atoms with Gasteiger partial charge in [0.1, 0.15) is 5.69 Å². The number of nitro benzene ring substituents is 1. The maximum absolute atomic E-state index is 12.0. The monoisotopic (exact) mass is 308 g/mol. The minimum Gasteiger partial charge on any atom is -0.368 e. The molecule has 4 N–H and O–H groups in total. The van der Waals surface area contributed by atoms with Crippen molar-refractivity contribution in [2.24, 2.45) is 0 Å². The fourth-order valence-corrected chi connectivity index (χ4v) is 2.23. The second-order valence-corrected chi connectivity index (χ2v) is 5.33. The lowest BCUT2D eigenvalue weighted by Gasteiger charge is -2.10. The van der Waals surface area contributed by atoms with Crippen LogP contribution in [0.15, 0.2) is 29.4 Å². The molecule has 0 bridgehead atoms. The van der Waals surface area contributed by atoms with Gasteiger partial charge in [-0.3, -0.25) is 14.9 Å². The zero-order valence-corrected chi connectivity index (χ0v) is 11.8. The Morgan fingerprint density at radius 2 is 2.24 bits per heavy atom. The Balaban J connectivity index is 2.05. The first-order chi connectivity index (χ1) is 9.97. The van der Waals surface area contributed by atoms with Crippen LogP contribution < -0.4 is 11.1 Å². The molecule has 0 aliphatic heterocycles. The summed E-state index contributed by atoms with van der Waals surface area (Å²) in [6.45, 7) is 1.64. The predicted molar refractivity (Wildman–Crippen MR) is 77.8 cm³/mol. The highest BCUT2D eigenvalue weighted by molar-refractivity contribution is 8.00. The van der Waals surface area contributed by atoms with Gasteiger partial charge in [-0.15, -0.1) is 5.10 Å². The summed E-state index contributed by atoms with van der Waals surface area (Å²) in [5.41, 5.74) is 5.37. The number of hydrogen-bond acceptors (Lipinski definition) is 7. The number of nitro groups is 1. The number of thioether (sulfide) groups is 1. The second kappa shape index (κ2) is 6.22. The molecule has 10 heteroatoms. The van der Waals surface area contributed by atoms with Crippen molar-refractivity contribution in [2.75, 3.05) is 11.1 Å². The zero-order valence-electron chi connectivity index (χ0n) is 10.9. The quantitative estimate of drug-likeness (QED) is 0.431. The number of carbonyl (C=O) groups is 1. The van der Waals surface area contributed by atoms with Gasteiger partial charge in [-0.25, -0.2) is 5.10 Å². The van der Waals surface area contributed by atoms with Crippen LogP contribution in [-0.2, 0) is 4.79 Å². The van der Waals surface area contributed by atoms with Gasteiger partial charge < -0.3 is 11.1 Å². The standard InChI is InChI=1S/C11H12N6O3S/c1-6(21-11-14-10(12)15-16-11)9(18)13-7-4-2-3-5-8(7)17(19)20/h2-6H,1H3,(H,13,18)(H3,12,14,15,16). The molecule has 0 aliphatic carbocycles. The zero-order chi connectivity index (χ0) is 15.4. The highest BCUT2D eigenvalue weighted by Gasteiger charge is 2.20. The third kappa shape index (κ3) is 3.69. The van der Waals surface area contributed by atoms with Crippen LogP contribution in [0.1, 0.15) is 6.92 Å². The highest BCUT2D eigenvalue weighted by Crippen LogP contribution is 2.25. The van der Waals surface area contributed by atoms with Crippen LogP contribution in [0.5, 0.6) is 0 Å². The van der Waals surface area contributed by atoms with E-state index in [0.29, 0.717) is 5.16 Å². The Hall–Kier alpha value is -2.62. The number of hydrogen-bond donors (Lipinski definition) is 3. The van der Waals surface area contributed by atoms with Crippen molar-refractivity contribution >= 4 is 35.0 Å². The van der Waals surface area contributed by atoms with Crippen molar-refractivity contribution in [1.29, 1.82) is 0 Å². The molecule has 1 amide bonds. The number of nitrogens with two attached hydrogens (primary N) is 1. The van der Waals surface area contributed by atoms with Crippen LogP contribution in [0.2, 0.25) is 0 Å². The van der Waals surface area contributed by atoms with Crippen molar-refractivity contribution < 1.29 is 9.72 Å². The lowest BCUT2D eigenvalue weighted by Crippen LogP contribution is -2.23. The van der Waals surface area contributed by atoms with E-state index in [1.807, 2.05) is 0 Å². The number of aromatic amines is 1. The maximum Gasteiger partial charge on any atom is 0.292 e. The summed E-state index contributed by atoms with van der Waals surface area (Å²) in [6, 6.07) is 5.93. The van der Waals surface area contributed by atoms with E-state index >= 15 is 0 Å². The molecule has 110 valence electrons. The van der Waals surface area contributed by atoms with E-state index in [4.69, 9.17) is 5.73 Å². The number of anilines is 2. The van der Waals surface area contributed by atoms with Gasteiger partial charge in [0.05, 0.1) is 10.2 Å². The number of para-hydroxylation sites is 2. The van der Waals surface area contributed by atoms with Crippen LogP contribution in [0.4, 0.5) is 17.3 Å². The van der Waals surface area contributed by atoms with E-state index in [-0.39, 0.29) is 17.3 Å². The van der Waals surface area contributed by atoms with E-state index in [0.717, 1.165) is 11.8 Å². The first-order valence-electron chi connectivity index (χ1n) is 5.86. The maximum atomic E-state index is 12.0. The van der Waals surface area contributed by atoms with E-state index in [2.05, 4.69) is 20.5 Å². The smallest absolute Gasteiger partial charge is 0.292 e. The second-order valence-electron chi connectivity index (χ2n) is 4.03. The van der Waals surface area contributed by atoms with Crippen LogP contribution in [-0.4, -0.2) is 31.3 Å². The Kier molecular flexibility index (Phi) is 4.38. The van der Waals surface area contributed by atoms with Crippen LogP contribution in [0.3, 0.4) is 0 Å². The SMILES string of the molecule is CC(Sc1n[nH]c(N)n1)C(=O)Nc1ccccc1[N+](=O)[O-]. The number of H-pyrrole nitrogens is 1. The summed E-state index contributed by atoms with van der Waals surface area (Å²) in [4.78, 5) is 26.2. The molecular weight excluding hydrogens is 296 g/mol. The molecule has 9 nitrogen and oxygen atoms in total. The van der Waals surface area contributed by atoms with Crippen LogP contribution in [0, 0.1) is 10.1 Å². The molecule has 1 unspecified atom stereocenters. The first-order valence-corrected chi connectivity index (χ1v) is 6.74. The highest BCUT2D eigenvalue weighted by atomic mass is 32.2. The van der Waals surface area contributed by atoms with E-state index in [1.54, 1.807) is 13.0 Å². The molecular formula is C11H12N6O3S. The molecule has 0 fully saturated rings. The van der Waals surface area contributed by atoms with Gasteiger partial charge >= 0.3 is 0 Å². The van der Waals surface area contributed by atoms with Gasteiger partial charge in [0.25, 0.3) is 5.69 Å². The number of carbonyl (C=O) groups excluding carboxylic acids is 1. The molecule has 0 aliphatic rings. The number of benzene rings is 1. The molecule has 1 heterocycles. The van der Waals surface area contributed by atoms with Gasteiger partial charge in [0, 0.05) is 6.07 Å². The number of nitrogen functional groups attached to an aromatic ring is 1. The normalized spacial score (nSPS) is 11.9. The lowest BCUT2D eigenvalue weighted by molar-refractivity contribution is -0.383. The number of nitrogens with zero attached hydrogens (tertiary/aromatic N) is 3. The molecule has 1 aromatic heterocycles. The minimum absolute atomic E-state index is 0.148. The molecule has 2 aromatic rings. The lowest BCUT2D eigenvalue weighted by atomic mass is 10.2. The molecule has 0 saturated heterocycles. The van der Waals surface area contributed by atoms with Crippen LogP contribution in [0.25, 0.3) is 0 Å². The Bertz CT molecular complexity index is 673. The molecule has 21 heavy (non-hydrogen) atoms. The van der Waals surface area contributed by atoms with Gasteiger partial charge in [0.2, 0.25) is 17.0 Å². The van der Waals surface area contributed by atoms with Gasteiger partial charge in [0.15, 0.2) is 0 Å². The molecule has 0 saturated carbocycles. The van der Waals surface area contributed by atoms with E-state index < -0.39 is 16.1 Å². The van der Waals surface area contributed by atoms with Crippen molar-refractivity contribution in [1.82, 2.24) is 15.2 Å². The third-order valence-corrected chi connectivity index (χ3v) is 3.45. The number of aromatic nitrogens is 3. The third-order valence-electron chi connectivity index (χ3n) is 2.49. The Labute approximate surface area is 123 Å². The van der Waals surface area contributed by atoms with Gasteiger partial charge in [-0.1, -0.05) is 23.9 Å². The summed E-state index contributed by atoms with van der Waals surface area (Å²) in [5, 5.41) is 19.5. The topological polar surface area (TPSA) is 140 Å². The molecule has 0 spiro atoms. The van der Waals surface area contributed by atoms with Crippen molar-refractivity contribution in [3.8, 4) is 0 Å². The molecule has 2 rings (SSSR count). The summed E-state index contributed by atoms with van der Waals surface area (Å²) in [6.07, 6.45) is 0. The summed E-state index contributed by atoms with van der Waals surface area (Å²) >= 11 is 1.09. The molecule has 0 radical (unpaired) electrons. The van der Waals surface area contributed by atoms with Crippen molar-refractivity contribution in [3.63, 3.8) is 0 Å². The minimum atomic E-state index is -0.552. The fraction of sp³-hybridized carbons (Fsp3) is 0.182. The number of amides is 1. The first kappa shape index (κ1) is 14.8. The predicted octanol–water partition coefficient (Wildman–Crippen LogP) is 1.41. The molecule has 1 atom stereocenters. The largest absolute Gasteiger partial charge is 0.368 e. The Morgan fingerprint density at radius 1 is 1.52 bits per heavy atom. The fourth-order valence-electron chi connectivity index (χ4n) is 1.50. The van der Waals surface area contributed by atoms with E-state index in [9.17, 15) is 14.9 Å². The van der Waals surface area contributed by atoms with Crippen LogP contribution >= 0.6 is 11.8 Å². The van der Waals surface area contributed by atoms with Crippen molar-refractivity contribution in [3.05, 3.63) is 34.4 Å².